The van der Waals surface area contributed by atoms with Gasteiger partial charge in [0.2, 0.25) is 0 Å². The van der Waals surface area contributed by atoms with Gasteiger partial charge in [0, 0.05) is 25.2 Å². The number of halogens is 3. The van der Waals surface area contributed by atoms with Gasteiger partial charge in [-0.15, -0.1) is 0 Å². The van der Waals surface area contributed by atoms with Crippen molar-refractivity contribution in [2.75, 3.05) is 13.1 Å². The quantitative estimate of drug-likeness (QED) is 0.712. The summed E-state index contributed by atoms with van der Waals surface area (Å²) in [5, 5.41) is 9.31. The number of alkyl halides is 3. The van der Waals surface area contributed by atoms with Crippen LogP contribution in [0.1, 0.15) is 25.7 Å². The molecule has 1 saturated carbocycles. The van der Waals surface area contributed by atoms with E-state index in [1.807, 2.05) is 0 Å². The number of nitrogens with zero attached hydrogens (tertiary/aromatic N) is 1. The van der Waals surface area contributed by atoms with Crippen LogP contribution in [-0.2, 0) is 0 Å². The summed E-state index contributed by atoms with van der Waals surface area (Å²) in [4.78, 5) is 1.72. The number of aliphatic hydroxyl groups is 1. The van der Waals surface area contributed by atoms with Gasteiger partial charge in [-0.1, -0.05) is 0 Å². The van der Waals surface area contributed by atoms with Crippen LogP contribution >= 0.6 is 0 Å². The molecular formula is C10H17F3N2O. The zero-order valence-electron chi connectivity index (χ0n) is 9.00. The molecule has 0 spiro atoms. The van der Waals surface area contributed by atoms with Gasteiger partial charge in [-0.05, 0) is 25.7 Å². The molecule has 2 fully saturated rings. The van der Waals surface area contributed by atoms with Gasteiger partial charge >= 0.3 is 6.18 Å². The highest BCUT2D eigenvalue weighted by atomic mass is 19.4. The fourth-order valence-corrected chi connectivity index (χ4v) is 2.53. The molecule has 1 saturated heterocycles. The first-order valence-corrected chi connectivity index (χ1v) is 5.60. The lowest BCUT2D eigenvalue weighted by Crippen LogP contribution is -2.71. The predicted molar refractivity (Wildman–Crippen MR) is 52.8 cm³/mol. The second-order valence-electron chi connectivity index (χ2n) is 5.00. The first-order chi connectivity index (χ1) is 7.32. The summed E-state index contributed by atoms with van der Waals surface area (Å²) >= 11 is 0. The van der Waals surface area contributed by atoms with Gasteiger partial charge < -0.3 is 10.8 Å². The molecule has 0 aromatic rings. The van der Waals surface area contributed by atoms with Gasteiger partial charge in [0.05, 0.1) is 0 Å². The van der Waals surface area contributed by atoms with Crippen LogP contribution in [-0.4, -0.2) is 47.0 Å². The second-order valence-corrected chi connectivity index (χ2v) is 5.00. The topological polar surface area (TPSA) is 49.5 Å². The Morgan fingerprint density at radius 3 is 2.06 bits per heavy atom. The van der Waals surface area contributed by atoms with Crippen LogP contribution in [0.15, 0.2) is 0 Å². The lowest BCUT2D eigenvalue weighted by molar-refractivity contribution is -0.306. The fraction of sp³-hybridized carbons (Fsp3) is 1.00. The third-order valence-electron chi connectivity index (χ3n) is 3.71. The highest BCUT2D eigenvalue weighted by Gasteiger charge is 2.61. The Labute approximate surface area is 92.4 Å². The van der Waals surface area contributed by atoms with E-state index in [4.69, 9.17) is 5.73 Å². The van der Waals surface area contributed by atoms with E-state index >= 15 is 0 Å². The maximum atomic E-state index is 12.4. The lowest BCUT2D eigenvalue weighted by atomic mass is 9.85. The lowest BCUT2D eigenvalue weighted by Gasteiger charge is -2.51. The number of hydrogen-bond acceptors (Lipinski definition) is 3. The summed E-state index contributed by atoms with van der Waals surface area (Å²) in [5.74, 6) is 0. The third kappa shape index (κ3) is 2.06. The minimum Gasteiger partial charge on any atom is -0.378 e. The number of hydrogen-bond donors (Lipinski definition) is 2. The third-order valence-corrected chi connectivity index (χ3v) is 3.71. The van der Waals surface area contributed by atoms with Crippen molar-refractivity contribution < 1.29 is 18.3 Å². The van der Waals surface area contributed by atoms with E-state index in [1.54, 1.807) is 4.90 Å². The number of nitrogens with two attached hydrogens (primary N) is 1. The first-order valence-electron chi connectivity index (χ1n) is 5.60. The summed E-state index contributed by atoms with van der Waals surface area (Å²) in [6, 6.07) is 0.362. The Morgan fingerprint density at radius 2 is 1.62 bits per heavy atom. The Morgan fingerprint density at radius 1 is 1.12 bits per heavy atom. The van der Waals surface area contributed by atoms with Crippen LogP contribution in [0, 0.1) is 0 Å². The van der Waals surface area contributed by atoms with Gasteiger partial charge in [0.25, 0.3) is 0 Å². The van der Waals surface area contributed by atoms with E-state index in [0.29, 0.717) is 0 Å². The molecule has 16 heavy (non-hydrogen) atoms. The van der Waals surface area contributed by atoms with E-state index in [-0.39, 0.29) is 25.2 Å². The zero-order valence-corrected chi connectivity index (χ0v) is 9.00. The fourth-order valence-electron chi connectivity index (χ4n) is 2.53. The molecule has 2 rings (SSSR count). The molecule has 0 atom stereocenters. The van der Waals surface area contributed by atoms with E-state index in [9.17, 15) is 18.3 Å². The molecule has 0 aromatic heterocycles. The van der Waals surface area contributed by atoms with E-state index in [0.717, 1.165) is 25.7 Å². The van der Waals surface area contributed by atoms with Gasteiger partial charge in [-0.3, -0.25) is 4.90 Å². The zero-order chi connectivity index (χ0) is 12.0. The van der Waals surface area contributed by atoms with Crippen molar-refractivity contribution in [2.24, 2.45) is 5.73 Å². The van der Waals surface area contributed by atoms with Crippen LogP contribution in [0.4, 0.5) is 13.2 Å². The Bertz CT molecular complexity index is 255. The summed E-state index contributed by atoms with van der Waals surface area (Å²) in [7, 11) is 0. The number of β-amino-alcohol motifs (C(OH)–C–C–N with tert-alkyl or cyclic N) is 1. The standard InChI is InChI=1S/C10H17F3N2O/c11-10(12,13)9(16)5-15(6-9)8-3-1-7(14)2-4-8/h7-8,16H,1-6,14H2/t7-,8-. The molecule has 0 aromatic carbocycles. The van der Waals surface area contributed by atoms with Crippen molar-refractivity contribution in [3.05, 3.63) is 0 Å². The molecule has 1 aliphatic carbocycles. The average Bonchev–Trinajstić information content (AvgIpc) is 2.13. The van der Waals surface area contributed by atoms with Crippen molar-refractivity contribution in [1.82, 2.24) is 4.90 Å². The van der Waals surface area contributed by atoms with Crippen LogP contribution < -0.4 is 5.73 Å². The van der Waals surface area contributed by atoms with Gasteiger partial charge in [0.1, 0.15) is 0 Å². The van der Waals surface area contributed by atoms with Crippen LogP contribution in [0.5, 0.6) is 0 Å². The van der Waals surface area contributed by atoms with Crippen molar-refractivity contribution in [2.45, 2.75) is 49.5 Å². The van der Waals surface area contributed by atoms with Crippen molar-refractivity contribution in [3.63, 3.8) is 0 Å². The molecule has 0 unspecified atom stereocenters. The molecule has 6 heteroatoms. The Balaban J connectivity index is 1.84. The second kappa shape index (κ2) is 3.85. The SMILES string of the molecule is N[C@H]1CC[C@H](N2CC(O)(C(F)(F)F)C2)CC1. The highest BCUT2D eigenvalue weighted by Crippen LogP contribution is 2.40. The smallest absolute Gasteiger partial charge is 0.378 e. The van der Waals surface area contributed by atoms with Crippen LogP contribution in [0.3, 0.4) is 0 Å². The molecule has 0 bridgehead atoms. The molecule has 2 aliphatic rings. The molecule has 0 radical (unpaired) electrons. The van der Waals surface area contributed by atoms with Gasteiger partial charge in [0.15, 0.2) is 5.60 Å². The molecular weight excluding hydrogens is 221 g/mol. The normalized spacial score (nSPS) is 35.8. The summed E-state index contributed by atoms with van der Waals surface area (Å²) in [5.41, 5.74) is 3.25. The summed E-state index contributed by atoms with van der Waals surface area (Å²) < 4.78 is 37.2. The largest absolute Gasteiger partial charge is 0.419 e. The number of likely N-dealkylation sites (tertiary alicyclic amines) is 1. The minimum absolute atomic E-state index is 0.169. The van der Waals surface area contributed by atoms with Crippen molar-refractivity contribution in [1.29, 1.82) is 0 Å². The monoisotopic (exact) mass is 238 g/mol. The maximum absolute atomic E-state index is 12.4. The molecule has 94 valence electrons. The van der Waals surface area contributed by atoms with Crippen molar-refractivity contribution >= 4 is 0 Å². The van der Waals surface area contributed by atoms with E-state index in [2.05, 4.69) is 0 Å². The van der Waals surface area contributed by atoms with Gasteiger partial charge in [-0.2, -0.15) is 13.2 Å². The van der Waals surface area contributed by atoms with Crippen molar-refractivity contribution in [3.8, 4) is 0 Å². The first kappa shape index (κ1) is 12.1. The Kier molecular flexibility index (Phi) is 2.92. The maximum Gasteiger partial charge on any atom is 0.419 e. The van der Waals surface area contributed by atoms with Crippen LogP contribution in [0.2, 0.25) is 0 Å². The summed E-state index contributed by atoms with van der Waals surface area (Å²) in [6.45, 7) is -0.563. The van der Waals surface area contributed by atoms with E-state index in [1.165, 1.54) is 0 Å². The van der Waals surface area contributed by atoms with Crippen LogP contribution in [0.25, 0.3) is 0 Å². The number of rotatable bonds is 1. The summed E-state index contributed by atoms with van der Waals surface area (Å²) in [6.07, 6.45) is -1.09. The minimum atomic E-state index is -4.51. The predicted octanol–water partition coefficient (Wildman–Crippen LogP) is 0.865. The highest BCUT2D eigenvalue weighted by molar-refractivity contribution is 5.03. The van der Waals surface area contributed by atoms with Gasteiger partial charge in [-0.25, -0.2) is 0 Å². The molecule has 0 amide bonds. The molecule has 1 aliphatic heterocycles. The molecule has 3 nitrogen and oxygen atoms in total. The van der Waals surface area contributed by atoms with E-state index < -0.39 is 11.8 Å². The Hall–Kier alpha value is -0.330. The average molecular weight is 238 g/mol. The molecule has 1 heterocycles. The molecule has 3 N–H and O–H groups in total.